The molecule has 0 aromatic carbocycles. The van der Waals surface area contributed by atoms with Gasteiger partial charge in [-0.15, -0.1) is 0 Å². The lowest BCUT2D eigenvalue weighted by Crippen LogP contribution is -1.97. The van der Waals surface area contributed by atoms with E-state index < -0.39 is 0 Å². The third-order valence-electron chi connectivity index (χ3n) is 1.20. The highest BCUT2D eigenvalue weighted by Gasteiger charge is 2.04. The Morgan fingerprint density at radius 2 is 1.64 bits per heavy atom. The van der Waals surface area contributed by atoms with Crippen molar-refractivity contribution in [3.63, 3.8) is 0 Å². The third-order valence-corrected chi connectivity index (χ3v) is 2.01. The number of nitrogens with zero attached hydrogens (tertiary/aromatic N) is 2. The summed E-state index contributed by atoms with van der Waals surface area (Å²) in [5, 5.41) is 0. The summed E-state index contributed by atoms with van der Waals surface area (Å²) in [5.74, 6) is 1.22. The van der Waals surface area contributed by atoms with Crippen molar-refractivity contribution >= 4 is 31.9 Å². The van der Waals surface area contributed by atoms with Gasteiger partial charge in [-0.05, 0) is 31.9 Å². The van der Waals surface area contributed by atoms with E-state index in [-0.39, 0.29) is 0 Å². The molecule has 0 amide bonds. The molecule has 0 spiro atoms. The van der Waals surface area contributed by atoms with Crippen molar-refractivity contribution < 1.29 is 0 Å². The molecule has 1 rings (SSSR count). The van der Waals surface area contributed by atoms with Crippen LogP contribution in [0, 0.1) is 0 Å². The minimum Gasteiger partial charge on any atom is -0.226 e. The van der Waals surface area contributed by atoms with Crippen LogP contribution < -0.4 is 0 Å². The molecule has 2 nitrogen and oxygen atoms in total. The lowest BCUT2D eigenvalue weighted by atomic mass is 10.2. The van der Waals surface area contributed by atoms with Gasteiger partial charge in [0.15, 0.2) is 0 Å². The lowest BCUT2D eigenvalue weighted by Gasteiger charge is -2.03. The Kier molecular flexibility index (Phi) is 3.01. The van der Waals surface area contributed by atoms with Crippen LogP contribution in [0.25, 0.3) is 0 Å². The average Bonchev–Trinajstić information content (AvgIpc) is 1.85. The highest BCUT2D eigenvalue weighted by molar-refractivity contribution is 9.11. The van der Waals surface area contributed by atoms with Gasteiger partial charge < -0.3 is 0 Å². The molecular weight excluding hydrogens is 272 g/mol. The largest absolute Gasteiger partial charge is 0.226 e. The third kappa shape index (κ3) is 2.52. The second-order valence-corrected chi connectivity index (χ2v) is 4.15. The number of halogens is 2. The molecule has 0 unspecified atom stereocenters. The number of hydrogen-bond acceptors (Lipinski definition) is 2. The van der Waals surface area contributed by atoms with Crippen LogP contribution in [-0.4, -0.2) is 9.97 Å². The first-order chi connectivity index (χ1) is 5.09. The van der Waals surface area contributed by atoms with E-state index in [2.05, 4.69) is 55.7 Å². The van der Waals surface area contributed by atoms with Gasteiger partial charge in [0, 0.05) is 12.0 Å². The van der Waals surface area contributed by atoms with Gasteiger partial charge in [-0.2, -0.15) is 0 Å². The van der Waals surface area contributed by atoms with Gasteiger partial charge in [0.05, 0.1) is 0 Å². The molecule has 0 saturated carbocycles. The summed E-state index contributed by atoms with van der Waals surface area (Å²) in [5.41, 5.74) is 0. The van der Waals surface area contributed by atoms with Crippen LogP contribution in [0.2, 0.25) is 0 Å². The number of aromatic nitrogens is 2. The minimum absolute atomic E-state index is 0.365. The molecule has 4 heteroatoms. The minimum atomic E-state index is 0.365. The van der Waals surface area contributed by atoms with Crippen LogP contribution in [0.5, 0.6) is 0 Å². The highest BCUT2D eigenvalue weighted by atomic mass is 79.9. The van der Waals surface area contributed by atoms with Crippen molar-refractivity contribution in [3.05, 3.63) is 21.1 Å². The van der Waals surface area contributed by atoms with Gasteiger partial charge in [0.1, 0.15) is 15.0 Å². The van der Waals surface area contributed by atoms with Gasteiger partial charge in [-0.3, -0.25) is 0 Å². The SMILES string of the molecule is CC(C)c1nc(Br)cc(Br)n1. The summed E-state index contributed by atoms with van der Waals surface area (Å²) in [6.45, 7) is 4.13. The fraction of sp³-hybridized carbons (Fsp3) is 0.429. The molecule has 1 aromatic rings. The van der Waals surface area contributed by atoms with Crippen LogP contribution >= 0.6 is 31.9 Å². The van der Waals surface area contributed by atoms with E-state index in [4.69, 9.17) is 0 Å². The summed E-state index contributed by atoms with van der Waals surface area (Å²) >= 11 is 6.60. The van der Waals surface area contributed by atoms with Crippen molar-refractivity contribution in [1.29, 1.82) is 0 Å². The maximum atomic E-state index is 4.21. The Morgan fingerprint density at radius 3 is 2.00 bits per heavy atom. The van der Waals surface area contributed by atoms with Crippen molar-refractivity contribution in [3.8, 4) is 0 Å². The van der Waals surface area contributed by atoms with Crippen molar-refractivity contribution in [2.45, 2.75) is 19.8 Å². The lowest BCUT2D eigenvalue weighted by molar-refractivity contribution is 0.764. The summed E-state index contributed by atoms with van der Waals surface area (Å²) < 4.78 is 1.64. The molecule has 0 aliphatic rings. The molecule has 0 radical (unpaired) electrons. The molecule has 0 atom stereocenters. The molecule has 0 fully saturated rings. The Morgan fingerprint density at radius 1 is 1.18 bits per heavy atom. The molecule has 0 aliphatic carbocycles. The second-order valence-electron chi connectivity index (χ2n) is 2.53. The molecular formula is C7H8Br2N2. The zero-order valence-corrected chi connectivity index (χ0v) is 9.48. The van der Waals surface area contributed by atoms with E-state index in [1.54, 1.807) is 0 Å². The molecule has 11 heavy (non-hydrogen) atoms. The van der Waals surface area contributed by atoms with Gasteiger partial charge in [0.2, 0.25) is 0 Å². The molecule has 1 heterocycles. The maximum absolute atomic E-state index is 4.21. The van der Waals surface area contributed by atoms with E-state index in [0.29, 0.717) is 5.92 Å². The van der Waals surface area contributed by atoms with E-state index in [1.807, 2.05) is 6.07 Å². The molecule has 0 aliphatic heterocycles. The van der Waals surface area contributed by atoms with Crippen LogP contribution in [0.3, 0.4) is 0 Å². The number of rotatable bonds is 1. The molecule has 0 bridgehead atoms. The quantitative estimate of drug-likeness (QED) is 0.738. The first-order valence-corrected chi connectivity index (χ1v) is 4.88. The fourth-order valence-electron chi connectivity index (χ4n) is 0.665. The number of hydrogen-bond donors (Lipinski definition) is 0. The van der Waals surface area contributed by atoms with Gasteiger partial charge in [-0.25, -0.2) is 9.97 Å². The van der Waals surface area contributed by atoms with Crippen molar-refractivity contribution in [2.75, 3.05) is 0 Å². The fourth-order valence-corrected chi connectivity index (χ4v) is 1.77. The first-order valence-electron chi connectivity index (χ1n) is 3.29. The smallest absolute Gasteiger partial charge is 0.133 e. The van der Waals surface area contributed by atoms with E-state index >= 15 is 0 Å². The van der Waals surface area contributed by atoms with Crippen LogP contribution in [0.4, 0.5) is 0 Å². The molecule has 1 aromatic heterocycles. The van der Waals surface area contributed by atoms with Gasteiger partial charge in [0.25, 0.3) is 0 Å². The van der Waals surface area contributed by atoms with E-state index in [9.17, 15) is 0 Å². The Hall–Kier alpha value is 0.0400. The molecule has 0 saturated heterocycles. The highest BCUT2D eigenvalue weighted by Crippen LogP contribution is 2.17. The first kappa shape index (κ1) is 9.13. The monoisotopic (exact) mass is 278 g/mol. The van der Waals surface area contributed by atoms with E-state index in [1.165, 1.54) is 0 Å². The maximum Gasteiger partial charge on any atom is 0.133 e. The molecule has 0 N–H and O–H groups in total. The van der Waals surface area contributed by atoms with E-state index in [0.717, 1.165) is 15.0 Å². The summed E-state index contributed by atoms with van der Waals surface area (Å²) in [6.07, 6.45) is 0. The average molecular weight is 280 g/mol. The molecule has 60 valence electrons. The zero-order chi connectivity index (χ0) is 8.43. The second kappa shape index (κ2) is 3.63. The standard InChI is InChI=1S/C7H8Br2N2/c1-4(2)7-10-5(8)3-6(9)11-7/h3-4H,1-2H3. The predicted molar refractivity (Wildman–Crippen MR) is 51.5 cm³/mol. The Bertz CT molecular complexity index is 240. The normalized spacial score (nSPS) is 10.6. The Balaban J connectivity index is 3.08. The summed E-state index contributed by atoms with van der Waals surface area (Å²) in [4.78, 5) is 8.42. The van der Waals surface area contributed by atoms with Crippen LogP contribution in [0.15, 0.2) is 15.3 Å². The van der Waals surface area contributed by atoms with Gasteiger partial charge in [-0.1, -0.05) is 13.8 Å². The van der Waals surface area contributed by atoms with Crippen molar-refractivity contribution in [1.82, 2.24) is 9.97 Å². The van der Waals surface area contributed by atoms with Crippen molar-refractivity contribution in [2.24, 2.45) is 0 Å². The summed E-state index contributed by atoms with van der Waals surface area (Å²) in [6, 6.07) is 1.83. The van der Waals surface area contributed by atoms with Crippen LogP contribution in [-0.2, 0) is 0 Å². The summed E-state index contributed by atoms with van der Waals surface area (Å²) in [7, 11) is 0. The topological polar surface area (TPSA) is 25.8 Å². The zero-order valence-electron chi connectivity index (χ0n) is 6.31. The van der Waals surface area contributed by atoms with Crippen LogP contribution in [0.1, 0.15) is 25.6 Å². The Labute approximate surface area is 82.7 Å². The predicted octanol–water partition coefficient (Wildman–Crippen LogP) is 3.13. The van der Waals surface area contributed by atoms with Gasteiger partial charge >= 0.3 is 0 Å².